The molecule has 10 heteroatoms. The Morgan fingerprint density at radius 3 is 2.58 bits per heavy atom. The molecule has 5 rings (SSSR count). The molecule has 38 heavy (non-hydrogen) atoms. The van der Waals surface area contributed by atoms with Gasteiger partial charge in [0.15, 0.2) is 0 Å². The molecule has 3 aromatic carbocycles. The van der Waals surface area contributed by atoms with Crippen LogP contribution in [0.2, 0.25) is 0 Å². The number of benzene rings is 3. The molecule has 9 nitrogen and oxygen atoms in total. The van der Waals surface area contributed by atoms with E-state index in [1.165, 1.54) is 11.8 Å². The first-order chi connectivity index (χ1) is 18.4. The van der Waals surface area contributed by atoms with Gasteiger partial charge < -0.3 is 16.0 Å². The van der Waals surface area contributed by atoms with Gasteiger partial charge in [-0.1, -0.05) is 30.3 Å². The smallest absolute Gasteiger partial charge is 0.148 e. The van der Waals surface area contributed by atoms with Gasteiger partial charge in [-0.25, -0.2) is 18.4 Å². The maximum absolute atomic E-state index is 11.2. The second kappa shape index (κ2) is 11.6. The van der Waals surface area contributed by atoms with Crippen LogP contribution in [0.1, 0.15) is 12.0 Å². The first-order valence-corrected chi connectivity index (χ1v) is 14.6. The standard InChI is InChI=1S/C28H31N7O2S/c1-38(36,37)15-14-29-12-5-13-30-23-8-10-26-25(17-23)28(32-20-31-26)34-24-9-11-27-22(16-24)18-33-35(27)19-21-6-3-2-4-7-21/h2-4,6-11,16-18,20,29-30H,5,12-15,19H2,1H3,(H,31,32,34). The highest BCUT2D eigenvalue weighted by Gasteiger charge is 2.09. The molecule has 0 aliphatic carbocycles. The van der Waals surface area contributed by atoms with Crippen molar-refractivity contribution >= 4 is 48.8 Å². The van der Waals surface area contributed by atoms with Crippen LogP contribution >= 0.6 is 0 Å². The van der Waals surface area contributed by atoms with E-state index in [0.717, 1.165) is 65.1 Å². The number of sulfone groups is 1. The van der Waals surface area contributed by atoms with E-state index in [1.54, 1.807) is 6.33 Å². The lowest BCUT2D eigenvalue weighted by Gasteiger charge is -2.11. The van der Waals surface area contributed by atoms with Crippen molar-refractivity contribution in [2.45, 2.75) is 13.0 Å². The molecule has 5 aromatic rings. The van der Waals surface area contributed by atoms with Crippen LogP contribution in [0.15, 0.2) is 79.3 Å². The minimum Gasteiger partial charge on any atom is -0.385 e. The van der Waals surface area contributed by atoms with Crippen molar-refractivity contribution in [1.82, 2.24) is 25.1 Å². The van der Waals surface area contributed by atoms with E-state index in [4.69, 9.17) is 0 Å². The number of nitrogens with one attached hydrogen (secondary N) is 3. The number of aromatic nitrogens is 4. The van der Waals surface area contributed by atoms with Crippen molar-refractivity contribution in [3.8, 4) is 0 Å². The largest absolute Gasteiger partial charge is 0.385 e. The number of anilines is 3. The topological polar surface area (TPSA) is 114 Å². The van der Waals surface area contributed by atoms with Crippen LogP contribution in [0.3, 0.4) is 0 Å². The van der Waals surface area contributed by atoms with Crippen LogP contribution in [-0.4, -0.2) is 59.8 Å². The Hall–Kier alpha value is -4.02. The van der Waals surface area contributed by atoms with E-state index in [1.807, 2.05) is 53.3 Å². The summed E-state index contributed by atoms with van der Waals surface area (Å²) in [4.78, 5) is 8.92. The molecular weight excluding hydrogens is 498 g/mol. The van der Waals surface area contributed by atoms with Crippen LogP contribution in [0, 0.1) is 0 Å². The summed E-state index contributed by atoms with van der Waals surface area (Å²) >= 11 is 0. The van der Waals surface area contributed by atoms with Gasteiger partial charge in [0.25, 0.3) is 0 Å². The molecule has 0 aliphatic heterocycles. The van der Waals surface area contributed by atoms with Gasteiger partial charge in [0, 0.05) is 41.5 Å². The van der Waals surface area contributed by atoms with Crippen LogP contribution < -0.4 is 16.0 Å². The molecule has 0 saturated carbocycles. The van der Waals surface area contributed by atoms with Crippen molar-refractivity contribution in [1.29, 1.82) is 0 Å². The third kappa shape index (κ3) is 6.64. The molecule has 0 unspecified atom stereocenters. The molecular formula is C28H31N7O2S. The average Bonchev–Trinajstić information content (AvgIpc) is 3.30. The first-order valence-electron chi connectivity index (χ1n) is 12.6. The minimum absolute atomic E-state index is 0.157. The Kier molecular flexibility index (Phi) is 7.81. The summed E-state index contributed by atoms with van der Waals surface area (Å²) in [5.74, 6) is 0.890. The van der Waals surface area contributed by atoms with Gasteiger partial charge in [-0.3, -0.25) is 4.68 Å². The SMILES string of the molecule is CS(=O)(=O)CCNCCCNc1ccc2ncnc(Nc3ccc4c(cnn4Cc4ccccc4)c3)c2c1. The Bertz CT molecular complexity index is 1640. The number of rotatable bonds is 12. The van der Waals surface area contributed by atoms with E-state index < -0.39 is 9.84 Å². The van der Waals surface area contributed by atoms with Gasteiger partial charge in [0.1, 0.15) is 22.0 Å². The van der Waals surface area contributed by atoms with Crippen molar-refractivity contribution in [3.05, 3.63) is 84.8 Å². The average molecular weight is 530 g/mol. The van der Waals surface area contributed by atoms with Gasteiger partial charge in [-0.15, -0.1) is 0 Å². The summed E-state index contributed by atoms with van der Waals surface area (Å²) in [6, 6.07) is 22.5. The molecule has 0 spiro atoms. The van der Waals surface area contributed by atoms with Crippen LogP contribution in [-0.2, 0) is 16.4 Å². The lowest BCUT2D eigenvalue weighted by atomic mass is 10.2. The monoisotopic (exact) mass is 529 g/mol. The first kappa shape index (κ1) is 25.6. The summed E-state index contributed by atoms with van der Waals surface area (Å²) in [7, 11) is -2.93. The van der Waals surface area contributed by atoms with Gasteiger partial charge in [-0.05, 0) is 54.9 Å². The molecule has 0 aliphatic rings. The van der Waals surface area contributed by atoms with E-state index in [2.05, 4.69) is 55.3 Å². The third-order valence-corrected chi connectivity index (χ3v) is 7.17. The van der Waals surface area contributed by atoms with Crippen LogP contribution in [0.25, 0.3) is 21.8 Å². The molecule has 0 amide bonds. The molecule has 0 atom stereocenters. The Balaban J connectivity index is 1.24. The molecule has 196 valence electrons. The van der Waals surface area contributed by atoms with E-state index >= 15 is 0 Å². The Labute approximate surface area is 222 Å². The van der Waals surface area contributed by atoms with Gasteiger partial charge >= 0.3 is 0 Å². The lowest BCUT2D eigenvalue weighted by Crippen LogP contribution is -2.24. The predicted molar refractivity (Wildman–Crippen MR) is 154 cm³/mol. The van der Waals surface area contributed by atoms with E-state index in [0.29, 0.717) is 6.54 Å². The fourth-order valence-electron chi connectivity index (χ4n) is 4.28. The quantitative estimate of drug-likeness (QED) is 0.206. The number of hydrogen-bond donors (Lipinski definition) is 3. The highest BCUT2D eigenvalue weighted by Crippen LogP contribution is 2.27. The van der Waals surface area contributed by atoms with Crippen molar-refractivity contribution in [2.24, 2.45) is 0 Å². The molecule has 3 N–H and O–H groups in total. The minimum atomic E-state index is -2.93. The zero-order chi connectivity index (χ0) is 26.4. The van der Waals surface area contributed by atoms with E-state index in [-0.39, 0.29) is 5.75 Å². The van der Waals surface area contributed by atoms with Gasteiger partial charge in [-0.2, -0.15) is 5.10 Å². The van der Waals surface area contributed by atoms with Crippen LogP contribution in [0.4, 0.5) is 17.2 Å². The summed E-state index contributed by atoms with van der Waals surface area (Å²) in [6.07, 6.45) is 5.58. The van der Waals surface area contributed by atoms with Crippen molar-refractivity contribution in [3.63, 3.8) is 0 Å². The highest BCUT2D eigenvalue weighted by molar-refractivity contribution is 7.90. The zero-order valence-corrected chi connectivity index (χ0v) is 22.1. The zero-order valence-electron chi connectivity index (χ0n) is 21.3. The normalized spacial score (nSPS) is 11.7. The maximum Gasteiger partial charge on any atom is 0.148 e. The van der Waals surface area contributed by atoms with Crippen LogP contribution in [0.5, 0.6) is 0 Å². The highest BCUT2D eigenvalue weighted by atomic mass is 32.2. The molecule has 2 heterocycles. The third-order valence-electron chi connectivity index (χ3n) is 6.22. The predicted octanol–water partition coefficient (Wildman–Crippen LogP) is 4.21. The second-order valence-electron chi connectivity index (χ2n) is 9.30. The number of fused-ring (bicyclic) bond motifs is 2. The fraction of sp³-hybridized carbons (Fsp3) is 0.250. The summed E-state index contributed by atoms with van der Waals surface area (Å²) in [5.41, 5.74) is 5.04. The Morgan fingerprint density at radius 1 is 0.895 bits per heavy atom. The number of hydrogen-bond acceptors (Lipinski definition) is 8. The van der Waals surface area contributed by atoms with Gasteiger partial charge in [0.05, 0.1) is 29.5 Å². The van der Waals surface area contributed by atoms with E-state index in [9.17, 15) is 8.42 Å². The summed E-state index contributed by atoms with van der Waals surface area (Å²) in [5, 5.41) is 16.6. The van der Waals surface area contributed by atoms with Crippen molar-refractivity contribution < 1.29 is 8.42 Å². The molecule has 2 aromatic heterocycles. The summed E-state index contributed by atoms with van der Waals surface area (Å²) in [6.45, 7) is 2.70. The molecule has 0 saturated heterocycles. The Morgan fingerprint density at radius 2 is 1.74 bits per heavy atom. The fourth-order valence-corrected chi connectivity index (χ4v) is 4.79. The maximum atomic E-state index is 11.2. The van der Waals surface area contributed by atoms with Crippen molar-refractivity contribution in [2.75, 3.05) is 42.3 Å². The number of nitrogens with zero attached hydrogens (tertiary/aromatic N) is 4. The molecule has 0 bridgehead atoms. The summed E-state index contributed by atoms with van der Waals surface area (Å²) < 4.78 is 24.4. The lowest BCUT2D eigenvalue weighted by molar-refractivity contribution is 0.595. The second-order valence-corrected chi connectivity index (χ2v) is 11.6. The molecule has 0 radical (unpaired) electrons. The molecule has 0 fully saturated rings. The van der Waals surface area contributed by atoms with Gasteiger partial charge in [0.2, 0.25) is 0 Å².